The number of anilines is 2. The molecule has 0 atom stereocenters. The third-order valence-electron chi connectivity index (χ3n) is 6.79. The highest BCUT2D eigenvalue weighted by molar-refractivity contribution is 5.93. The molecule has 0 aliphatic carbocycles. The van der Waals surface area contributed by atoms with Crippen LogP contribution in [0.4, 0.5) is 15.9 Å². The average Bonchev–Trinajstić information content (AvgIpc) is 3.00. The Bertz CT molecular complexity index is 1830. The average molecular weight is 580 g/mol. The Labute approximate surface area is 246 Å². The summed E-state index contributed by atoms with van der Waals surface area (Å²) in [4.78, 5) is 34.8. The predicted octanol–water partition coefficient (Wildman–Crippen LogP) is 5.25. The molecule has 2 aromatic carbocycles. The lowest BCUT2D eigenvalue weighted by atomic mass is 10.1. The number of carbonyl (C=O) groups is 1. The van der Waals surface area contributed by atoms with E-state index in [0.29, 0.717) is 64.3 Å². The molecule has 216 valence electrons. The Morgan fingerprint density at radius 1 is 1.02 bits per heavy atom. The first-order chi connectivity index (χ1) is 20.9. The minimum absolute atomic E-state index is 0.147. The third kappa shape index (κ3) is 5.89. The Hall–Kier alpha value is -5.65. The molecule has 0 radical (unpaired) electrons. The van der Waals surface area contributed by atoms with Crippen LogP contribution in [0.5, 0.6) is 23.0 Å². The molecule has 1 amide bonds. The SMILES string of the molecule is C=CC(=O)N1CC(Oc2cc3c(Nc4ccc(Oc5ccnc(-c6cnc(C)nc6)c5)cc4F)ncnc3cc2OC)C1. The van der Waals surface area contributed by atoms with Crippen molar-refractivity contribution in [2.75, 3.05) is 25.5 Å². The molecule has 0 saturated carbocycles. The van der Waals surface area contributed by atoms with Crippen LogP contribution < -0.4 is 19.5 Å². The fourth-order valence-electron chi connectivity index (χ4n) is 4.50. The molecule has 1 aliphatic heterocycles. The molecule has 0 unspecified atom stereocenters. The van der Waals surface area contributed by atoms with Gasteiger partial charge in [-0.15, -0.1) is 0 Å². The summed E-state index contributed by atoms with van der Waals surface area (Å²) in [7, 11) is 1.53. The first-order valence-corrected chi connectivity index (χ1v) is 13.3. The number of hydrogen-bond acceptors (Lipinski definition) is 10. The fraction of sp³-hybridized carbons (Fsp3) is 0.161. The van der Waals surface area contributed by atoms with E-state index in [2.05, 4.69) is 36.8 Å². The lowest BCUT2D eigenvalue weighted by Crippen LogP contribution is -2.55. The van der Waals surface area contributed by atoms with Gasteiger partial charge in [-0.1, -0.05) is 6.58 Å². The zero-order valence-corrected chi connectivity index (χ0v) is 23.3. The van der Waals surface area contributed by atoms with E-state index >= 15 is 4.39 Å². The molecule has 5 aromatic rings. The van der Waals surface area contributed by atoms with Gasteiger partial charge in [-0.3, -0.25) is 9.78 Å². The monoisotopic (exact) mass is 579 g/mol. The summed E-state index contributed by atoms with van der Waals surface area (Å²) in [6.07, 6.45) is 7.42. The number of rotatable bonds is 9. The van der Waals surface area contributed by atoms with Gasteiger partial charge in [0.25, 0.3) is 0 Å². The van der Waals surface area contributed by atoms with Crippen LogP contribution in [0.3, 0.4) is 0 Å². The summed E-state index contributed by atoms with van der Waals surface area (Å²) in [5, 5.41) is 3.65. The molecule has 0 bridgehead atoms. The van der Waals surface area contributed by atoms with Gasteiger partial charge >= 0.3 is 0 Å². The van der Waals surface area contributed by atoms with E-state index in [1.54, 1.807) is 66.8 Å². The fourth-order valence-corrected chi connectivity index (χ4v) is 4.50. The Balaban J connectivity index is 1.20. The first-order valence-electron chi connectivity index (χ1n) is 13.3. The molecule has 1 aliphatic rings. The number of ether oxygens (including phenoxy) is 3. The third-order valence-corrected chi connectivity index (χ3v) is 6.79. The van der Waals surface area contributed by atoms with Crippen molar-refractivity contribution in [2.24, 2.45) is 0 Å². The van der Waals surface area contributed by atoms with Gasteiger partial charge in [-0.05, 0) is 37.3 Å². The largest absolute Gasteiger partial charge is 0.493 e. The zero-order chi connectivity index (χ0) is 29.9. The van der Waals surface area contributed by atoms with Gasteiger partial charge < -0.3 is 24.4 Å². The van der Waals surface area contributed by atoms with Gasteiger partial charge in [0.1, 0.15) is 41.4 Å². The predicted molar refractivity (Wildman–Crippen MR) is 157 cm³/mol. The van der Waals surface area contributed by atoms with Crippen LogP contribution in [-0.4, -0.2) is 62.0 Å². The standard InChI is InChI=1S/C31H26FN7O4/c1-4-30(40)39-15-22(16-39)43-29-11-23-27(12-28(29)41-3)36-17-37-31(23)38-25-6-5-20(9-24(25)32)42-21-7-8-33-26(10-21)19-13-34-18(2)35-14-19/h4-14,17,22H,1,15-16H2,2-3H3,(H,36,37,38). The normalized spacial score (nSPS) is 12.9. The molecule has 1 N–H and O–H groups in total. The minimum atomic E-state index is -0.545. The van der Waals surface area contributed by atoms with Crippen molar-refractivity contribution in [1.82, 2.24) is 29.8 Å². The van der Waals surface area contributed by atoms with Crippen molar-refractivity contribution in [2.45, 2.75) is 13.0 Å². The van der Waals surface area contributed by atoms with Crippen molar-refractivity contribution in [3.63, 3.8) is 0 Å². The van der Waals surface area contributed by atoms with Gasteiger partial charge in [0.05, 0.1) is 37.1 Å². The number of amides is 1. The maximum atomic E-state index is 15.3. The van der Waals surface area contributed by atoms with Crippen LogP contribution in [-0.2, 0) is 4.79 Å². The maximum Gasteiger partial charge on any atom is 0.246 e. The van der Waals surface area contributed by atoms with Crippen LogP contribution in [0.1, 0.15) is 5.82 Å². The molecule has 43 heavy (non-hydrogen) atoms. The molecule has 3 aromatic heterocycles. The van der Waals surface area contributed by atoms with Gasteiger partial charge in [-0.2, -0.15) is 0 Å². The number of carbonyl (C=O) groups excluding carboxylic acids is 1. The summed E-state index contributed by atoms with van der Waals surface area (Å²) in [6.45, 7) is 6.18. The van der Waals surface area contributed by atoms with Crippen molar-refractivity contribution >= 4 is 28.3 Å². The van der Waals surface area contributed by atoms with Crippen molar-refractivity contribution in [1.29, 1.82) is 0 Å². The van der Waals surface area contributed by atoms with Crippen molar-refractivity contribution in [3.8, 4) is 34.3 Å². The van der Waals surface area contributed by atoms with Crippen molar-refractivity contribution < 1.29 is 23.4 Å². The first kappa shape index (κ1) is 27.5. The highest BCUT2D eigenvalue weighted by atomic mass is 19.1. The summed E-state index contributed by atoms with van der Waals surface area (Å²) < 4.78 is 32.8. The zero-order valence-electron chi connectivity index (χ0n) is 23.3. The molecular weight excluding hydrogens is 553 g/mol. The number of likely N-dealkylation sites (tertiary alicyclic amines) is 1. The Morgan fingerprint density at radius 3 is 2.56 bits per heavy atom. The molecule has 1 fully saturated rings. The number of aryl methyl sites for hydroxylation is 1. The number of nitrogens with one attached hydrogen (secondary N) is 1. The summed E-state index contributed by atoms with van der Waals surface area (Å²) >= 11 is 0. The molecule has 11 nitrogen and oxygen atoms in total. The van der Waals surface area contributed by atoms with E-state index in [1.165, 1.54) is 25.6 Å². The van der Waals surface area contributed by atoms with E-state index in [1.807, 2.05) is 0 Å². The van der Waals surface area contributed by atoms with Crippen LogP contribution >= 0.6 is 0 Å². The molecule has 12 heteroatoms. The topological polar surface area (TPSA) is 124 Å². The van der Waals surface area contributed by atoms with Crippen LogP contribution in [0, 0.1) is 12.7 Å². The quantitative estimate of drug-likeness (QED) is 0.232. The number of halogens is 1. The maximum absolute atomic E-state index is 15.3. The summed E-state index contributed by atoms with van der Waals surface area (Å²) in [5.74, 6) is 2.07. The van der Waals surface area contributed by atoms with Gasteiger partial charge in [0, 0.05) is 47.7 Å². The van der Waals surface area contributed by atoms with E-state index in [-0.39, 0.29) is 17.7 Å². The Kier molecular flexibility index (Phi) is 7.48. The number of benzene rings is 2. The molecule has 4 heterocycles. The Morgan fingerprint density at radius 2 is 1.81 bits per heavy atom. The van der Waals surface area contributed by atoms with E-state index in [0.717, 1.165) is 5.56 Å². The van der Waals surface area contributed by atoms with Gasteiger partial charge in [0.2, 0.25) is 5.91 Å². The second-order valence-corrected chi connectivity index (χ2v) is 9.69. The van der Waals surface area contributed by atoms with Crippen LogP contribution in [0.15, 0.2) is 80.0 Å². The van der Waals surface area contributed by atoms with Crippen molar-refractivity contribution in [3.05, 3.63) is 91.7 Å². The number of hydrogen-bond donors (Lipinski definition) is 1. The molecule has 0 spiro atoms. The van der Waals surface area contributed by atoms with E-state index in [9.17, 15) is 4.79 Å². The molecule has 6 rings (SSSR count). The number of aromatic nitrogens is 5. The highest BCUT2D eigenvalue weighted by Crippen LogP contribution is 2.37. The summed E-state index contributed by atoms with van der Waals surface area (Å²) in [5.41, 5.74) is 2.14. The van der Waals surface area contributed by atoms with E-state index in [4.69, 9.17) is 14.2 Å². The second-order valence-electron chi connectivity index (χ2n) is 9.69. The molecular formula is C31H26FN7O4. The number of fused-ring (bicyclic) bond motifs is 1. The highest BCUT2D eigenvalue weighted by Gasteiger charge is 2.31. The second kappa shape index (κ2) is 11.7. The van der Waals surface area contributed by atoms with Crippen LogP contribution in [0.25, 0.3) is 22.2 Å². The van der Waals surface area contributed by atoms with E-state index < -0.39 is 5.82 Å². The number of pyridine rings is 1. The van der Waals surface area contributed by atoms with Crippen LogP contribution in [0.2, 0.25) is 0 Å². The smallest absolute Gasteiger partial charge is 0.246 e. The number of methoxy groups -OCH3 is 1. The minimum Gasteiger partial charge on any atom is -0.493 e. The number of nitrogens with zero attached hydrogens (tertiary/aromatic N) is 6. The lowest BCUT2D eigenvalue weighted by Gasteiger charge is -2.38. The summed E-state index contributed by atoms with van der Waals surface area (Å²) in [6, 6.07) is 11.4. The van der Waals surface area contributed by atoms with Gasteiger partial charge in [-0.25, -0.2) is 24.3 Å². The van der Waals surface area contributed by atoms with Gasteiger partial charge in [0.15, 0.2) is 11.5 Å². The lowest BCUT2D eigenvalue weighted by molar-refractivity contribution is -0.134. The molecule has 1 saturated heterocycles.